The van der Waals surface area contributed by atoms with Crippen LogP contribution in [0.3, 0.4) is 0 Å². The van der Waals surface area contributed by atoms with Gasteiger partial charge in [0.2, 0.25) is 0 Å². The number of nitrogens with zero attached hydrogens (tertiary/aromatic N) is 1. The topological polar surface area (TPSA) is 59.6 Å². The van der Waals surface area contributed by atoms with Crippen LogP contribution in [0.15, 0.2) is 29.3 Å². The molecule has 1 aromatic rings. The summed E-state index contributed by atoms with van der Waals surface area (Å²) in [6.07, 6.45) is 0.188. The summed E-state index contributed by atoms with van der Waals surface area (Å²) in [6.45, 7) is 4.72. The van der Waals surface area contributed by atoms with Gasteiger partial charge in [0.15, 0.2) is 5.96 Å². The fourth-order valence-corrected chi connectivity index (χ4v) is 1.72. The predicted molar refractivity (Wildman–Crippen MR) is 64.6 cm³/mol. The quantitative estimate of drug-likeness (QED) is 0.808. The van der Waals surface area contributed by atoms with Gasteiger partial charge in [0.1, 0.15) is 5.75 Å². The van der Waals surface area contributed by atoms with Crippen molar-refractivity contribution < 1.29 is 4.74 Å². The minimum atomic E-state index is 0.177. The second-order valence-electron chi connectivity index (χ2n) is 4.16. The molecule has 4 heteroatoms. The Labute approximate surface area is 95.5 Å². The van der Waals surface area contributed by atoms with E-state index in [-0.39, 0.29) is 12.1 Å². The normalized spacial score (nSPS) is 19.4. The highest BCUT2D eigenvalue weighted by molar-refractivity contribution is 5.80. The highest BCUT2D eigenvalue weighted by atomic mass is 16.5. The molecule has 4 nitrogen and oxygen atoms in total. The molecule has 1 aliphatic heterocycles. The summed E-state index contributed by atoms with van der Waals surface area (Å²) in [5.41, 5.74) is 6.74. The van der Waals surface area contributed by atoms with Gasteiger partial charge < -0.3 is 15.8 Å². The maximum absolute atomic E-state index is 5.64. The van der Waals surface area contributed by atoms with E-state index < -0.39 is 0 Å². The van der Waals surface area contributed by atoms with Crippen LogP contribution in [0, 0.1) is 0 Å². The molecule has 3 N–H and O–H groups in total. The lowest BCUT2D eigenvalue weighted by Gasteiger charge is -2.14. The zero-order valence-electron chi connectivity index (χ0n) is 9.60. The van der Waals surface area contributed by atoms with E-state index in [1.807, 2.05) is 32.0 Å². The molecule has 1 heterocycles. The number of nitrogens with two attached hydrogens (primary N) is 1. The van der Waals surface area contributed by atoms with Gasteiger partial charge in [0.25, 0.3) is 0 Å². The van der Waals surface area contributed by atoms with Crippen LogP contribution >= 0.6 is 0 Å². The predicted octanol–water partition coefficient (Wildman–Crippen LogP) is 1.43. The van der Waals surface area contributed by atoms with Crippen molar-refractivity contribution in [2.75, 3.05) is 6.54 Å². The van der Waals surface area contributed by atoms with E-state index in [1.165, 1.54) is 0 Å². The van der Waals surface area contributed by atoms with Gasteiger partial charge in [-0.05, 0) is 31.5 Å². The summed E-state index contributed by atoms with van der Waals surface area (Å²) in [4.78, 5) is 4.13. The molecular weight excluding hydrogens is 202 g/mol. The van der Waals surface area contributed by atoms with Crippen molar-refractivity contribution in [2.45, 2.75) is 26.0 Å². The van der Waals surface area contributed by atoms with Gasteiger partial charge in [-0.25, -0.2) is 0 Å². The van der Waals surface area contributed by atoms with Crippen LogP contribution in [0.1, 0.15) is 25.5 Å². The molecule has 2 rings (SSSR count). The molecule has 0 aliphatic carbocycles. The first-order valence-electron chi connectivity index (χ1n) is 5.48. The van der Waals surface area contributed by atoms with Crippen LogP contribution in [0.5, 0.6) is 5.75 Å². The molecule has 0 saturated carbocycles. The summed E-state index contributed by atoms with van der Waals surface area (Å²) >= 11 is 0. The van der Waals surface area contributed by atoms with Crippen molar-refractivity contribution in [1.29, 1.82) is 0 Å². The Morgan fingerprint density at radius 1 is 1.50 bits per heavy atom. The molecule has 0 saturated heterocycles. The van der Waals surface area contributed by atoms with Gasteiger partial charge in [-0.3, -0.25) is 4.99 Å². The largest absolute Gasteiger partial charge is 0.491 e. The third-order valence-corrected chi connectivity index (χ3v) is 2.40. The monoisotopic (exact) mass is 219 g/mol. The molecule has 0 bridgehead atoms. The molecule has 1 aliphatic rings. The summed E-state index contributed by atoms with van der Waals surface area (Å²) in [7, 11) is 0. The molecule has 16 heavy (non-hydrogen) atoms. The van der Waals surface area contributed by atoms with Gasteiger partial charge in [0.05, 0.1) is 18.7 Å². The lowest BCUT2D eigenvalue weighted by molar-refractivity contribution is 0.242. The van der Waals surface area contributed by atoms with E-state index in [0.29, 0.717) is 12.5 Å². The minimum Gasteiger partial charge on any atom is -0.491 e. The Hall–Kier alpha value is -1.71. The Bertz CT molecular complexity index is 401. The van der Waals surface area contributed by atoms with Crippen LogP contribution in [-0.2, 0) is 0 Å². The highest BCUT2D eigenvalue weighted by Crippen LogP contribution is 2.22. The van der Waals surface area contributed by atoms with E-state index >= 15 is 0 Å². The number of rotatable bonds is 3. The van der Waals surface area contributed by atoms with Crippen molar-refractivity contribution in [2.24, 2.45) is 10.7 Å². The summed E-state index contributed by atoms with van der Waals surface area (Å²) < 4.78 is 5.64. The summed E-state index contributed by atoms with van der Waals surface area (Å²) in [5.74, 6) is 1.40. The number of ether oxygens (including phenoxy) is 1. The lowest BCUT2D eigenvalue weighted by Crippen LogP contribution is -2.29. The maximum Gasteiger partial charge on any atom is 0.189 e. The second-order valence-corrected chi connectivity index (χ2v) is 4.16. The molecule has 1 aromatic carbocycles. The third-order valence-electron chi connectivity index (χ3n) is 2.40. The SMILES string of the molecule is CC(C)Oc1cccc(C2CN=C(N)N2)c1. The average molecular weight is 219 g/mol. The zero-order valence-corrected chi connectivity index (χ0v) is 9.60. The zero-order chi connectivity index (χ0) is 11.5. The van der Waals surface area contributed by atoms with Gasteiger partial charge in [0, 0.05) is 0 Å². The van der Waals surface area contributed by atoms with Gasteiger partial charge in [-0.1, -0.05) is 12.1 Å². The Balaban J connectivity index is 2.10. The van der Waals surface area contributed by atoms with Crippen molar-refractivity contribution >= 4 is 5.96 Å². The average Bonchev–Trinajstić information content (AvgIpc) is 2.64. The molecule has 0 fully saturated rings. The van der Waals surface area contributed by atoms with E-state index in [1.54, 1.807) is 0 Å². The van der Waals surface area contributed by atoms with Crippen molar-refractivity contribution in [1.82, 2.24) is 5.32 Å². The molecule has 0 amide bonds. The lowest BCUT2D eigenvalue weighted by atomic mass is 10.1. The first-order chi connectivity index (χ1) is 7.65. The highest BCUT2D eigenvalue weighted by Gasteiger charge is 2.17. The first-order valence-corrected chi connectivity index (χ1v) is 5.48. The van der Waals surface area contributed by atoms with Crippen LogP contribution in [0.2, 0.25) is 0 Å². The Kier molecular flexibility index (Phi) is 2.99. The standard InChI is InChI=1S/C12H17N3O/c1-8(2)16-10-5-3-4-9(6-10)11-7-14-12(13)15-11/h3-6,8,11H,7H2,1-2H3,(H3,13,14,15). The van der Waals surface area contributed by atoms with Gasteiger partial charge in [-0.2, -0.15) is 0 Å². The van der Waals surface area contributed by atoms with E-state index in [4.69, 9.17) is 10.5 Å². The molecule has 1 unspecified atom stereocenters. The molecule has 0 aromatic heterocycles. The first kappa shape index (κ1) is 10.8. The van der Waals surface area contributed by atoms with Crippen molar-refractivity contribution in [3.05, 3.63) is 29.8 Å². The number of guanidine groups is 1. The van der Waals surface area contributed by atoms with Gasteiger partial charge >= 0.3 is 0 Å². The Morgan fingerprint density at radius 3 is 2.94 bits per heavy atom. The molecule has 86 valence electrons. The second kappa shape index (κ2) is 4.43. The number of aliphatic imine (C=N–C) groups is 1. The summed E-state index contributed by atoms with van der Waals surface area (Å²) in [6, 6.07) is 8.21. The molecular formula is C12H17N3O. The van der Waals surface area contributed by atoms with E-state index in [9.17, 15) is 0 Å². The fourth-order valence-electron chi connectivity index (χ4n) is 1.72. The summed E-state index contributed by atoms with van der Waals surface area (Å²) in [5, 5.41) is 3.12. The molecule has 0 spiro atoms. The van der Waals surface area contributed by atoms with Gasteiger partial charge in [-0.15, -0.1) is 0 Å². The molecule has 1 atom stereocenters. The minimum absolute atomic E-state index is 0.177. The number of hydrogen-bond donors (Lipinski definition) is 2. The Morgan fingerprint density at radius 2 is 2.31 bits per heavy atom. The van der Waals surface area contributed by atoms with E-state index in [2.05, 4.69) is 16.4 Å². The van der Waals surface area contributed by atoms with Crippen LogP contribution in [0.25, 0.3) is 0 Å². The van der Waals surface area contributed by atoms with Crippen LogP contribution in [-0.4, -0.2) is 18.6 Å². The number of hydrogen-bond acceptors (Lipinski definition) is 4. The van der Waals surface area contributed by atoms with E-state index in [0.717, 1.165) is 11.3 Å². The number of benzene rings is 1. The molecule has 0 radical (unpaired) electrons. The van der Waals surface area contributed by atoms with Crippen LogP contribution < -0.4 is 15.8 Å². The fraction of sp³-hybridized carbons (Fsp3) is 0.417. The maximum atomic E-state index is 5.64. The smallest absolute Gasteiger partial charge is 0.189 e. The van der Waals surface area contributed by atoms with Crippen molar-refractivity contribution in [3.63, 3.8) is 0 Å². The number of nitrogens with one attached hydrogen (secondary N) is 1. The van der Waals surface area contributed by atoms with Crippen molar-refractivity contribution in [3.8, 4) is 5.75 Å². The third kappa shape index (κ3) is 2.45. The van der Waals surface area contributed by atoms with Crippen LogP contribution in [0.4, 0.5) is 0 Å².